The minimum Gasteiger partial charge on any atom is -0.326 e. The van der Waals surface area contributed by atoms with Crippen LogP contribution < -0.4 is 5.32 Å². The Kier molecular flexibility index (Phi) is 5.02. The van der Waals surface area contributed by atoms with Gasteiger partial charge in [-0.15, -0.1) is 0 Å². The Hall–Kier alpha value is -2.43. The van der Waals surface area contributed by atoms with Crippen LogP contribution in [0.1, 0.15) is 36.8 Å². The summed E-state index contributed by atoms with van der Waals surface area (Å²) in [6.45, 7) is 4.29. The van der Waals surface area contributed by atoms with Crippen molar-refractivity contribution in [1.82, 2.24) is 4.90 Å². The SMILES string of the molecule is Cc1ccc(NC(=O)CCCN2C(=O)[C@H]3CC=CC[C@@H]3C2=O)c(C)c1. The first-order valence-electron chi connectivity index (χ1n) is 8.84. The number of rotatable bonds is 5. The first-order chi connectivity index (χ1) is 12.0. The smallest absolute Gasteiger partial charge is 0.233 e. The zero-order valence-electron chi connectivity index (χ0n) is 14.7. The Bertz CT molecular complexity index is 712. The molecule has 1 heterocycles. The van der Waals surface area contributed by atoms with Crippen LogP contribution in [-0.4, -0.2) is 29.2 Å². The lowest BCUT2D eigenvalue weighted by Gasteiger charge is -2.14. The van der Waals surface area contributed by atoms with Crippen molar-refractivity contribution in [2.24, 2.45) is 11.8 Å². The molecule has 3 amide bonds. The number of imide groups is 1. The largest absolute Gasteiger partial charge is 0.326 e. The molecule has 0 spiro atoms. The normalized spacial score (nSPS) is 22.2. The number of hydrogen-bond acceptors (Lipinski definition) is 3. The van der Waals surface area contributed by atoms with Crippen LogP contribution in [0.3, 0.4) is 0 Å². The molecule has 2 atom stereocenters. The fourth-order valence-corrected chi connectivity index (χ4v) is 3.65. The third-order valence-electron chi connectivity index (χ3n) is 5.04. The summed E-state index contributed by atoms with van der Waals surface area (Å²) in [5.41, 5.74) is 2.98. The van der Waals surface area contributed by atoms with Gasteiger partial charge in [0.2, 0.25) is 17.7 Å². The van der Waals surface area contributed by atoms with Gasteiger partial charge in [0, 0.05) is 18.7 Å². The van der Waals surface area contributed by atoms with Gasteiger partial charge in [-0.25, -0.2) is 0 Å². The number of carbonyl (C=O) groups is 3. The second kappa shape index (κ2) is 7.21. The number of likely N-dealkylation sites (tertiary alicyclic amines) is 1. The minimum atomic E-state index is -0.193. The van der Waals surface area contributed by atoms with Crippen LogP contribution in [0.5, 0.6) is 0 Å². The first-order valence-corrected chi connectivity index (χ1v) is 8.84. The van der Waals surface area contributed by atoms with Crippen LogP contribution in [0.15, 0.2) is 30.4 Å². The number of benzene rings is 1. The average molecular weight is 340 g/mol. The van der Waals surface area contributed by atoms with Gasteiger partial charge in [-0.05, 0) is 44.7 Å². The summed E-state index contributed by atoms with van der Waals surface area (Å²) in [6.07, 6.45) is 6.04. The monoisotopic (exact) mass is 340 g/mol. The van der Waals surface area contributed by atoms with Crippen molar-refractivity contribution in [1.29, 1.82) is 0 Å². The fourth-order valence-electron chi connectivity index (χ4n) is 3.65. The molecule has 0 saturated carbocycles. The molecular formula is C20H24N2O3. The molecule has 0 aromatic heterocycles. The number of amides is 3. The molecule has 0 unspecified atom stereocenters. The van der Waals surface area contributed by atoms with Gasteiger partial charge in [-0.3, -0.25) is 19.3 Å². The molecule has 1 saturated heterocycles. The summed E-state index contributed by atoms with van der Waals surface area (Å²) in [5, 5.41) is 2.90. The van der Waals surface area contributed by atoms with Gasteiger partial charge in [0.1, 0.15) is 0 Å². The summed E-state index contributed by atoms with van der Waals surface area (Å²) in [6, 6.07) is 5.88. The quantitative estimate of drug-likeness (QED) is 0.662. The average Bonchev–Trinajstić information content (AvgIpc) is 2.83. The van der Waals surface area contributed by atoms with Gasteiger partial charge < -0.3 is 5.32 Å². The van der Waals surface area contributed by atoms with E-state index in [1.54, 1.807) is 0 Å². The molecule has 1 aromatic carbocycles. The van der Waals surface area contributed by atoms with Crippen LogP contribution in [0.25, 0.3) is 0 Å². The predicted molar refractivity (Wildman–Crippen MR) is 95.9 cm³/mol. The standard InChI is InChI=1S/C20H24N2O3/c1-13-9-10-17(14(2)12-13)21-18(23)8-5-11-22-19(24)15-6-3-4-7-16(15)20(22)25/h3-4,9-10,12,15-16H,5-8,11H2,1-2H3,(H,21,23)/t15-,16-/m0/s1. The molecule has 5 nitrogen and oxygen atoms in total. The minimum absolute atomic E-state index is 0.0749. The molecule has 2 aliphatic rings. The maximum Gasteiger partial charge on any atom is 0.233 e. The Labute approximate surface area is 148 Å². The molecule has 0 bridgehead atoms. The molecule has 3 rings (SSSR count). The van der Waals surface area contributed by atoms with E-state index in [0.717, 1.165) is 16.8 Å². The second-order valence-corrected chi connectivity index (χ2v) is 6.95. The highest BCUT2D eigenvalue weighted by Gasteiger charge is 2.46. The lowest BCUT2D eigenvalue weighted by Crippen LogP contribution is -2.32. The highest BCUT2D eigenvalue weighted by Crippen LogP contribution is 2.35. The van der Waals surface area contributed by atoms with Gasteiger partial charge in [0.25, 0.3) is 0 Å². The van der Waals surface area contributed by atoms with E-state index in [1.165, 1.54) is 4.90 Å². The number of anilines is 1. The van der Waals surface area contributed by atoms with E-state index in [9.17, 15) is 14.4 Å². The van der Waals surface area contributed by atoms with E-state index < -0.39 is 0 Å². The Morgan fingerprint density at radius 3 is 2.36 bits per heavy atom. The molecule has 132 valence electrons. The molecular weight excluding hydrogens is 316 g/mol. The van der Waals surface area contributed by atoms with Gasteiger partial charge >= 0.3 is 0 Å². The van der Waals surface area contributed by atoms with Crippen molar-refractivity contribution >= 4 is 23.4 Å². The highest BCUT2D eigenvalue weighted by molar-refractivity contribution is 6.05. The van der Waals surface area contributed by atoms with Gasteiger partial charge in [-0.2, -0.15) is 0 Å². The van der Waals surface area contributed by atoms with E-state index in [2.05, 4.69) is 5.32 Å². The van der Waals surface area contributed by atoms with Gasteiger partial charge in [0.05, 0.1) is 11.8 Å². The maximum absolute atomic E-state index is 12.4. The molecule has 5 heteroatoms. The number of aryl methyl sites for hydroxylation is 2. The maximum atomic E-state index is 12.4. The molecule has 0 radical (unpaired) electrons. The molecule has 1 fully saturated rings. The Morgan fingerprint density at radius 1 is 1.12 bits per heavy atom. The van der Waals surface area contributed by atoms with E-state index in [4.69, 9.17) is 0 Å². The number of fused-ring (bicyclic) bond motifs is 1. The molecule has 1 N–H and O–H groups in total. The third-order valence-corrected chi connectivity index (χ3v) is 5.04. The molecule has 1 aromatic rings. The van der Waals surface area contributed by atoms with Gasteiger partial charge in [0.15, 0.2) is 0 Å². The van der Waals surface area contributed by atoms with E-state index in [-0.39, 0.29) is 36.0 Å². The summed E-state index contributed by atoms with van der Waals surface area (Å²) in [7, 11) is 0. The van der Waals surface area contributed by atoms with E-state index in [1.807, 2.05) is 44.2 Å². The molecule has 1 aliphatic carbocycles. The highest BCUT2D eigenvalue weighted by atomic mass is 16.2. The van der Waals surface area contributed by atoms with Crippen molar-refractivity contribution in [3.63, 3.8) is 0 Å². The number of nitrogens with one attached hydrogen (secondary N) is 1. The van der Waals surface area contributed by atoms with Crippen LogP contribution >= 0.6 is 0 Å². The van der Waals surface area contributed by atoms with Crippen molar-refractivity contribution in [3.8, 4) is 0 Å². The second-order valence-electron chi connectivity index (χ2n) is 6.95. The summed E-state index contributed by atoms with van der Waals surface area (Å²) in [5.74, 6) is -0.628. The van der Waals surface area contributed by atoms with Crippen LogP contribution in [-0.2, 0) is 14.4 Å². The first kappa shape index (κ1) is 17.4. The number of nitrogens with zero attached hydrogens (tertiary/aromatic N) is 1. The topological polar surface area (TPSA) is 66.5 Å². The van der Waals surface area contributed by atoms with E-state index >= 15 is 0 Å². The van der Waals surface area contributed by atoms with Crippen molar-refractivity contribution in [2.45, 2.75) is 39.5 Å². The van der Waals surface area contributed by atoms with Crippen LogP contribution in [0, 0.1) is 25.7 Å². The summed E-state index contributed by atoms with van der Waals surface area (Å²) < 4.78 is 0. The van der Waals surface area contributed by atoms with Crippen molar-refractivity contribution < 1.29 is 14.4 Å². The zero-order chi connectivity index (χ0) is 18.0. The molecule has 25 heavy (non-hydrogen) atoms. The Morgan fingerprint density at radius 2 is 1.76 bits per heavy atom. The van der Waals surface area contributed by atoms with Gasteiger partial charge in [-0.1, -0.05) is 29.8 Å². The lowest BCUT2D eigenvalue weighted by atomic mass is 9.85. The van der Waals surface area contributed by atoms with Crippen molar-refractivity contribution in [2.75, 3.05) is 11.9 Å². The van der Waals surface area contributed by atoms with Crippen molar-refractivity contribution in [3.05, 3.63) is 41.5 Å². The number of hydrogen-bond donors (Lipinski definition) is 1. The Balaban J connectivity index is 1.50. The zero-order valence-corrected chi connectivity index (χ0v) is 14.7. The summed E-state index contributed by atoms with van der Waals surface area (Å²) >= 11 is 0. The summed E-state index contributed by atoms with van der Waals surface area (Å²) in [4.78, 5) is 38.2. The van der Waals surface area contributed by atoms with Crippen LogP contribution in [0.2, 0.25) is 0 Å². The fraction of sp³-hybridized carbons (Fsp3) is 0.450. The number of carbonyl (C=O) groups excluding carboxylic acids is 3. The predicted octanol–water partition coefficient (Wildman–Crippen LogP) is 2.97. The van der Waals surface area contributed by atoms with E-state index in [0.29, 0.717) is 25.8 Å². The number of allylic oxidation sites excluding steroid dienone is 2. The lowest BCUT2D eigenvalue weighted by molar-refractivity contribution is -0.140. The van der Waals surface area contributed by atoms with Crippen LogP contribution in [0.4, 0.5) is 5.69 Å². The third kappa shape index (κ3) is 3.65. The molecule has 1 aliphatic heterocycles.